The van der Waals surface area contributed by atoms with Crippen LogP contribution >= 0.6 is 0 Å². The van der Waals surface area contributed by atoms with Gasteiger partial charge in [-0.05, 0) is 80.5 Å². The van der Waals surface area contributed by atoms with E-state index in [0.717, 1.165) is 24.9 Å². The predicted octanol–water partition coefficient (Wildman–Crippen LogP) is 7.09. The van der Waals surface area contributed by atoms with E-state index in [1.807, 2.05) is 0 Å². The molecule has 3 rings (SSSR count). The summed E-state index contributed by atoms with van der Waals surface area (Å²) in [6.45, 7) is 14.1. The minimum atomic E-state index is 0.576. The van der Waals surface area contributed by atoms with Gasteiger partial charge in [-0.25, -0.2) is 0 Å². The summed E-state index contributed by atoms with van der Waals surface area (Å²) in [5.41, 5.74) is 5.47. The molecule has 0 aliphatic heterocycles. The summed E-state index contributed by atoms with van der Waals surface area (Å²) < 4.78 is 0. The highest BCUT2D eigenvalue weighted by molar-refractivity contribution is 5.27. The highest BCUT2D eigenvalue weighted by Gasteiger charge is 2.50. The van der Waals surface area contributed by atoms with E-state index in [1.54, 1.807) is 11.1 Å². The molecule has 0 amide bonds. The van der Waals surface area contributed by atoms with Crippen LogP contribution in [0.15, 0.2) is 35.5 Å². The van der Waals surface area contributed by atoms with E-state index in [-0.39, 0.29) is 0 Å². The molecule has 0 aromatic rings. The third kappa shape index (κ3) is 4.35. The van der Waals surface area contributed by atoms with Gasteiger partial charge in [-0.3, -0.25) is 0 Å². The zero-order chi connectivity index (χ0) is 19.3. The summed E-state index contributed by atoms with van der Waals surface area (Å²) in [6, 6.07) is 0. The Morgan fingerprint density at radius 1 is 1.19 bits per heavy atom. The van der Waals surface area contributed by atoms with Crippen LogP contribution in [-0.2, 0) is 0 Å². The number of hydrogen-bond acceptors (Lipinski definition) is 1. The van der Waals surface area contributed by atoms with E-state index in [4.69, 9.17) is 5.11 Å². The summed E-state index contributed by atoms with van der Waals surface area (Å²) in [6.07, 6.45) is 17.2. The Labute approximate surface area is 162 Å². The highest BCUT2D eigenvalue weighted by Crippen LogP contribution is 2.59. The Morgan fingerprint density at radius 3 is 2.58 bits per heavy atom. The van der Waals surface area contributed by atoms with Crippen molar-refractivity contribution in [3.8, 4) is 0 Å². The Kier molecular flexibility index (Phi) is 7.76. The lowest BCUT2D eigenvalue weighted by molar-refractivity contribution is 0.0961. The topological polar surface area (TPSA) is 20.2 Å². The molecular formula is C25H42O. The summed E-state index contributed by atoms with van der Waals surface area (Å²) in [4.78, 5) is 0. The van der Waals surface area contributed by atoms with Crippen molar-refractivity contribution < 1.29 is 5.11 Å². The van der Waals surface area contributed by atoms with E-state index in [1.165, 1.54) is 63.4 Å². The van der Waals surface area contributed by atoms with E-state index in [2.05, 4.69) is 46.4 Å². The average molecular weight is 359 g/mol. The zero-order valence-corrected chi connectivity index (χ0v) is 18.0. The SMILES string of the molecule is C=C1CC/C(=C/C=C2\CCCC3(C)C2CCC3C(C)CC)CC1C.CO. The first-order valence-corrected chi connectivity index (χ1v) is 11.0. The summed E-state index contributed by atoms with van der Waals surface area (Å²) in [7, 11) is 1.00. The third-order valence-corrected chi connectivity index (χ3v) is 7.93. The first kappa shape index (κ1) is 21.5. The molecule has 0 aromatic carbocycles. The Hall–Kier alpha value is -0.820. The summed E-state index contributed by atoms with van der Waals surface area (Å²) in [5.74, 6) is 3.38. The maximum absolute atomic E-state index is 7.00. The van der Waals surface area contributed by atoms with Gasteiger partial charge < -0.3 is 5.11 Å². The molecule has 1 nitrogen and oxygen atoms in total. The van der Waals surface area contributed by atoms with E-state index >= 15 is 0 Å². The summed E-state index contributed by atoms with van der Waals surface area (Å²) in [5, 5.41) is 7.00. The molecular weight excluding hydrogens is 316 g/mol. The molecule has 148 valence electrons. The Morgan fingerprint density at radius 2 is 1.92 bits per heavy atom. The van der Waals surface area contributed by atoms with Crippen molar-refractivity contribution in [2.45, 2.75) is 85.5 Å². The normalized spacial score (nSPS) is 38.7. The lowest BCUT2D eigenvalue weighted by Gasteiger charge is -2.44. The van der Waals surface area contributed by atoms with Crippen molar-refractivity contribution in [3.05, 3.63) is 35.5 Å². The molecule has 1 N–H and O–H groups in total. The van der Waals surface area contributed by atoms with Crippen LogP contribution in [0.25, 0.3) is 0 Å². The number of allylic oxidation sites excluding steroid dienone is 5. The third-order valence-electron chi connectivity index (χ3n) is 7.93. The number of rotatable bonds is 3. The number of aliphatic hydroxyl groups is 1. The molecule has 0 radical (unpaired) electrons. The second-order valence-corrected chi connectivity index (χ2v) is 9.31. The molecule has 5 unspecified atom stereocenters. The minimum absolute atomic E-state index is 0.576. The van der Waals surface area contributed by atoms with Gasteiger partial charge in [0.15, 0.2) is 0 Å². The van der Waals surface area contributed by atoms with E-state index in [0.29, 0.717) is 11.3 Å². The van der Waals surface area contributed by atoms with Crippen LogP contribution in [0.3, 0.4) is 0 Å². The van der Waals surface area contributed by atoms with E-state index < -0.39 is 0 Å². The van der Waals surface area contributed by atoms with Crippen molar-refractivity contribution in [1.29, 1.82) is 0 Å². The molecule has 0 spiro atoms. The first-order chi connectivity index (χ1) is 12.5. The fourth-order valence-electron chi connectivity index (χ4n) is 6.08. The lowest BCUT2D eigenvalue weighted by Crippen LogP contribution is -2.35. The van der Waals surface area contributed by atoms with Crippen molar-refractivity contribution in [2.24, 2.45) is 29.1 Å². The summed E-state index contributed by atoms with van der Waals surface area (Å²) >= 11 is 0. The highest BCUT2D eigenvalue weighted by atomic mass is 16.2. The van der Waals surface area contributed by atoms with Crippen LogP contribution in [0.5, 0.6) is 0 Å². The van der Waals surface area contributed by atoms with Gasteiger partial charge in [0.2, 0.25) is 0 Å². The molecule has 0 bridgehead atoms. The molecule has 3 aliphatic rings. The fraction of sp³-hybridized carbons (Fsp3) is 0.760. The quantitative estimate of drug-likeness (QED) is 0.534. The van der Waals surface area contributed by atoms with Crippen LogP contribution in [0.4, 0.5) is 0 Å². The van der Waals surface area contributed by atoms with Gasteiger partial charge in [-0.15, -0.1) is 0 Å². The van der Waals surface area contributed by atoms with Gasteiger partial charge in [0.1, 0.15) is 0 Å². The van der Waals surface area contributed by atoms with Crippen LogP contribution in [-0.4, -0.2) is 12.2 Å². The Balaban J connectivity index is 0.00000117. The minimum Gasteiger partial charge on any atom is -0.400 e. The van der Waals surface area contributed by atoms with Gasteiger partial charge >= 0.3 is 0 Å². The molecule has 3 saturated carbocycles. The maximum atomic E-state index is 7.00. The molecule has 3 fully saturated rings. The number of aliphatic hydroxyl groups excluding tert-OH is 1. The molecule has 1 heteroatoms. The van der Waals surface area contributed by atoms with Crippen LogP contribution in [0, 0.1) is 29.1 Å². The predicted molar refractivity (Wildman–Crippen MR) is 114 cm³/mol. The average Bonchev–Trinajstić information content (AvgIpc) is 3.01. The van der Waals surface area contributed by atoms with Crippen LogP contribution < -0.4 is 0 Å². The van der Waals surface area contributed by atoms with Gasteiger partial charge in [-0.1, -0.05) is 69.6 Å². The van der Waals surface area contributed by atoms with Gasteiger partial charge in [-0.2, -0.15) is 0 Å². The van der Waals surface area contributed by atoms with Crippen molar-refractivity contribution >= 4 is 0 Å². The second-order valence-electron chi connectivity index (χ2n) is 9.31. The van der Waals surface area contributed by atoms with Gasteiger partial charge in [0, 0.05) is 7.11 Å². The van der Waals surface area contributed by atoms with Crippen LogP contribution in [0.1, 0.15) is 85.5 Å². The van der Waals surface area contributed by atoms with Gasteiger partial charge in [0.25, 0.3) is 0 Å². The monoisotopic (exact) mass is 358 g/mol. The lowest BCUT2D eigenvalue weighted by atomic mass is 9.61. The second kappa shape index (κ2) is 9.40. The standard InChI is InChI=1S/C24H38.CH4O/c1-6-17(2)22-13-14-23-21(8-7-15-24(22,23)5)12-11-20-10-9-18(3)19(4)16-20;1-2/h11-12,17,19,22-23H,3,6-10,13-16H2,1-2,4-5H3;2H,1H3/b20-11-,21-12+;. The molecule has 26 heavy (non-hydrogen) atoms. The van der Waals surface area contributed by atoms with Crippen molar-refractivity contribution in [1.82, 2.24) is 0 Å². The van der Waals surface area contributed by atoms with Crippen LogP contribution in [0.2, 0.25) is 0 Å². The zero-order valence-electron chi connectivity index (χ0n) is 18.0. The van der Waals surface area contributed by atoms with E-state index in [9.17, 15) is 0 Å². The van der Waals surface area contributed by atoms with Crippen molar-refractivity contribution in [3.63, 3.8) is 0 Å². The smallest absolute Gasteiger partial charge is 0.0319 e. The first-order valence-electron chi connectivity index (χ1n) is 11.0. The molecule has 0 saturated heterocycles. The Bertz CT molecular complexity index is 540. The van der Waals surface area contributed by atoms with Crippen molar-refractivity contribution in [2.75, 3.05) is 7.11 Å². The molecule has 0 aromatic heterocycles. The molecule has 3 aliphatic carbocycles. The largest absolute Gasteiger partial charge is 0.400 e. The number of fused-ring (bicyclic) bond motifs is 1. The fourth-order valence-corrected chi connectivity index (χ4v) is 6.08. The van der Waals surface area contributed by atoms with Gasteiger partial charge in [0.05, 0.1) is 0 Å². The maximum Gasteiger partial charge on any atom is 0.0319 e. The number of hydrogen-bond donors (Lipinski definition) is 1. The molecule has 0 heterocycles. The molecule has 5 atom stereocenters.